The highest BCUT2D eigenvalue weighted by atomic mass is 35.5. The first kappa shape index (κ1) is 17.5. The SMILES string of the molecule is CCC(NC(CC(C)C)CC(C)C)c1ccc(Cl)cc1. The topological polar surface area (TPSA) is 12.0 Å². The van der Waals surface area contributed by atoms with E-state index in [4.69, 9.17) is 11.6 Å². The first-order valence-electron chi connectivity index (χ1n) is 7.93. The molecule has 0 aliphatic heterocycles. The first-order valence-corrected chi connectivity index (χ1v) is 8.31. The fourth-order valence-electron chi connectivity index (χ4n) is 2.80. The molecule has 0 spiro atoms. The van der Waals surface area contributed by atoms with Gasteiger partial charge in [0.2, 0.25) is 0 Å². The molecule has 1 rings (SSSR count). The summed E-state index contributed by atoms with van der Waals surface area (Å²) in [4.78, 5) is 0. The number of rotatable bonds is 8. The summed E-state index contributed by atoms with van der Waals surface area (Å²) in [5, 5.41) is 4.67. The monoisotopic (exact) mass is 295 g/mol. The third-order valence-electron chi connectivity index (χ3n) is 3.63. The van der Waals surface area contributed by atoms with Gasteiger partial charge in [-0.2, -0.15) is 0 Å². The maximum Gasteiger partial charge on any atom is 0.0406 e. The van der Waals surface area contributed by atoms with E-state index >= 15 is 0 Å². The molecule has 1 unspecified atom stereocenters. The molecule has 0 amide bonds. The Balaban J connectivity index is 2.74. The van der Waals surface area contributed by atoms with Crippen LogP contribution in [-0.2, 0) is 0 Å². The third-order valence-corrected chi connectivity index (χ3v) is 3.88. The average molecular weight is 296 g/mol. The van der Waals surface area contributed by atoms with Crippen LogP contribution in [0.15, 0.2) is 24.3 Å². The van der Waals surface area contributed by atoms with Gasteiger partial charge in [-0.05, 0) is 48.8 Å². The highest BCUT2D eigenvalue weighted by molar-refractivity contribution is 6.30. The van der Waals surface area contributed by atoms with E-state index in [0.717, 1.165) is 23.3 Å². The quantitative estimate of drug-likeness (QED) is 0.635. The lowest BCUT2D eigenvalue weighted by Crippen LogP contribution is -2.35. The van der Waals surface area contributed by atoms with Gasteiger partial charge in [0.1, 0.15) is 0 Å². The molecule has 1 N–H and O–H groups in total. The predicted molar refractivity (Wildman–Crippen MR) is 90.3 cm³/mol. The van der Waals surface area contributed by atoms with Gasteiger partial charge in [-0.1, -0.05) is 58.4 Å². The van der Waals surface area contributed by atoms with Crippen LogP contribution in [0, 0.1) is 11.8 Å². The Bertz CT molecular complexity index is 360. The van der Waals surface area contributed by atoms with Crippen molar-refractivity contribution >= 4 is 11.6 Å². The van der Waals surface area contributed by atoms with Crippen molar-refractivity contribution in [3.05, 3.63) is 34.9 Å². The van der Waals surface area contributed by atoms with Crippen LogP contribution in [0.2, 0.25) is 5.02 Å². The highest BCUT2D eigenvalue weighted by Gasteiger charge is 2.17. The molecular weight excluding hydrogens is 266 g/mol. The van der Waals surface area contributed by atoms with Crippen molar-refractivity contribution in [2.75, 3.05) is 0 Å². The molecule has 0 bridgehead atoms. The molecule has 0 aromatic heterocycles. The van der Waals surface area contributed by atoms with Gasteiger partial charge in [0.25, 0.3) is 0 Å². The van der Waals surface area contributed by atoms with E-state index in [9.17, 15) is 0 Å². The summed E-state index contributed by atoms with van der Waals surface area (Å²) in [7, 11) is 0. The third kappa shape index (κ3) is 6.28. The van der Waals surface area contributed by atoms with Crippen LogP contribution in [0.4, 0.5) is 0 Å². The maximum atomic E-state index is 5.98. The summed E-state index contributed by atoms with van der Waals surface area (Å²) in [6, 6.07) is 9.28. The average Bonchev–Trinajstić information content (AvgIpc) is 2.35. The van der Waals surface area contributed by atoms with E-state index in [1.54, 1.807) is 0 Å². The largest absolute Gasteiger partial charge is 0.307 e. The van der Waals surface area contributed by atoms with Gasteiger partial charge in [0.15, 0.2) is 0 Å². The first-order chi connectivity index (χ1) is 9.42. The van der Waals surface area contributed by atoms with Gasteiger partial charge in [0, 0.05) is 17.1 Å². The van der Waals surface area contributed by atoms with Crippen molar-refractivity contribution in [3.63, 3.8) is 0 Å². The lowest BCUT2D eigenvalue weighted by molar-refractivity contribution is 0.324. The van der Waals surface area contributed by atoms with Crippen LogP contribution >= 0.6 is 11.6 Å². The zero-order chi connectivity index (χ0) is 15.1. The molecule has 0 radical (unpaired) electrons. The fourth-order valence-corrected chi connectivity index (χ4v) is 2.93. The molecule has 20 heavy (non-hydrogen) atoms. The zero-order valence-electron chi connectivity index (χ0n) is 13.6. The Morgan fingerprint density at radius 1 is 0.950 bits per heavy atom. The molecule has 0 fully saturated rings. The van der Waals surface area contributed by atoms with E-state index in [2.05, 4.69) is 52.1 Å². The second kappa shape index (κ2) is 8.69. The molecule has 0 heterocycles. The molecule has 0 saturated heterocycles. The van der Waals surface area contributed by atoms with Crippen molar-refractivity contribution in [2.45, 2.75) is 66.0 Å². The lowest BCUT2D eigenvalue weighted by atomic mass is 9.93. The number of hydrogen-bond acceptors (Lipinski definition) is 1. The standard InChI is InChI=1S/C18H30ClN/c1-6-18(15-7-9-16(19)10-8-15)20-17(11-13(2)3)12-14(4)5/h7-10,13-14,17-18,20H,6,11-12H2,1-5H3. The summed E-state index contributed by atoms with van der Waals surface area (Å²) in [6.45, 7) is 11.5. The summed E-state index contributed by atoms with van der Waals surface area (Å²) in [5.41, 5.74) is 1.34. The molecular formula is C18H30ClN. The Labute approximate surface area is 130 Å². The normalized spacial score (nSPS) is 13.4. The Morgan fingerprint density at radius 2 is 1.45 bits per heavy atom. The molecule has 0 aliphatic carbocycles. The van der Waals surface area contributed by atoms with Gasteiger partial charge in [0.05, 0.1) is 0 Å². The van der Waals surface area contributed by atoms with E-state index < -0.39 is 0 Å². The van der Waals surface area contributed by atoms with Crippen LogP contribution in [-0.4, -0.2) is 6.04 Å². The Kier molecular flexibility index (Phi) is 7.61. The minimum Gasteiger partial charge on any atom is -0.307 e. The Hall–Kier alpha value is -0.530. The predicted octanol–water partition coefficient (Wildman–Crippen LogP) is 5.84. The number of halogens is 1. The van der Waals surface area contributed by atoms with Gasteiger partial charge in [-0.3, -0.25) is 0 Å². The number of benzene rings is 1. The summed E-state index contributed by atoms with van der Waals surface area (Å²) >= 11 is 5.98. The summed E-state index contributed by atoms with van der Waals surface area (Å²) in [6.07, 6.45) is 3.58. The molecule has 1 atom stereocenters. The van der Waals surface area contributed by atoms with Crippen molar-refractivity contribution in [3.8, 4) is 0 Å². The van der Waals surface area contributed by atoms with E-state index in [0.29, 0.717) is 12.1 Å². The van der Waals surface area contributed by atoms with Crippen molar-refractivity contribution in [2.24, 2.45) is 11.8 Å². The van der Waals surface area contributed by atoms with Crippen LogP contribution < -0.4 is 5.32 Å². The van der Waals surface area contributed by atoms with E-state index in [-0.39, 0.29) is 0 Å². The van der Waals surface area contributed by atoms with Gasteiger partial charge in [-0.25, -0.2) is 0 Å². The van der Waals surface area contributed by atoms with E-state index in [1.807, 2.05) is 12.1 Å². The molecule has 0 saturated carbocycles. The Morgan fingerprint density at radius 3 is 1.85 bits per heavy atom. The lowest BCUT2D eigenvalue weighted by Gasteiger charge is -2.28. The van der Waals surface area contributed by atoms with Gasteiger partial charge < -0.3 is 5.32 Å². The van der Waals surface area contributed by atoms with Crippen molar-refractivity contribution in [1.82, 2.24) is 5.32 Å². The highest BCUT2D eigenvalue weighted by Crippen LogP contribution is 2.23. The smallest absolute Gasteiger partial charge is 0.0406 e. The molecule has 1 nitrogen and oxygen atoms in total. The van der Waals surface area contributed by atoms with Crippen LogP contribution in [0.25, 0.3) is 0 Å². The zero-order valence-corrected chi connectivity index (χ0v) is 14.4. The fraction of sp³-hybridized carbons (Fsp3) is 0.667. The molecule has 1 aromatic rings. The van der Waals surface area contributed by atoms with Crippen LogP contribution in [0.3, 0.4) is 0 Å². The van der Waals surface area contributed by atoms with Crippen molar-refractivity contribution in [1.29, 1.82) is 0 Å². The van der Waals surface area contributed by atoms with Gasteiger partial charge >= 0.3 is 0 Å². The van der Waals surface area contributed by atoms with Gasteiger partial charge in [-0.15, -0.1) is 0 Å². The second-order valence-electron chi connectivity index (χ2n) is 6.64. The van der Waals surface area contributed by atoms with Crippen LogP contribution in [0.5, 0.6) is 0 Å². The second-order valence-corrected chi connectivity index (χ2v) is 7.07. The summed E-state index contributed by atoms with van der Waals surface area (Å²) < 4.78 is 0. The molecule has 1 aromatic carbocycles. The number of nitrogens with one attached hydrogen (secondary N) is 1. The van der Waals surface area contributed by atoms with E-state index in [1.165, 1.54) is 18.4 Å². The van der Waals surface area contributed by atoms with Crippen molar-refractivity contribution < 1.29 is 0 Å². The molecule has 0 aliphatic rings. The minimum atomic E-state index is 0.426. The summed E-state index contributed by atoms with van der Waals surface area (Å²) in [5.74, 6) is 1.46. The molecule has 2 heteroatoms. The van der Waals surface area contributed by atoms with Crippen LogP contribution in [0.1, 0.15) is 65.5 Å². The molecule has 114 valence electrons. The minimum absolute atomic E-state index is 0.426. The maximum absolute atomic E-state index is 5.98. The number of hydrogen-bond donors (Lipinski definition) is 1.